The van der Waals surface area contributed by atoms with E-state index in [2.05, 4.69) is 31.4 Å². The Morgan fingerprint density at radius 1 is 1.04 bits per heavy atom. The Morgan fingerprint density at radius 2 is 1.70 bits per heavy atom. The monoisotopic (exact) mass is 312 g/mol. The van der Waals surface area contributed by atoms with Crippen LogP contribution in [0.2, 0.25) is 0 Å². The quantitative estimate of drug-likeness (QED) is 0.876. The third-order valence-corrected chi connectivity index (χ3v) is 3.55. The van der Waals surface area contributed by atoms with Gasteiger partial charge >= 0.3 is 0 Å². The Morgan fingerprint density at radius 3 is 2.30 bits per heavy atom. The summed E-state index contributed by atoms with van der Waals surface area (Å²) in [6, 6.07) is 15.4. The van der Waals surface area contributed by atoms with Gasteiger partial charge in [-0.25, -0.2) is 0 Å². The van der Waals surface area contributed by atoms with Gasteiger partial charge in [-0.15, -0.1) is 0 Å². The van der Waals surface area contributed by atoms with Crippen molar-refractivity contribution in [3.63, 3.8) is 0 Å². The van der Waals surface area contributed by atoms with Crippen molar-refractivity contribution in [2.24, 2.45) is 0 Å². The van der Waals surface area contributed by atoms with Crippen molar-refractivity contribution in [3.8, 4) is 5.75 Å². The van der Waals surface area contributed by atoms with E-state index < -0.39 is 0 Å². The van der Waals surface area contributed by atoms with Gasteiger partial charge in [0.25, 0.3) is 0 Å². The van der Waals surface area contributed by atoms with E-state index in [0.717, 1.165) is 22.7 Å². The number of benzene rings is 2. The molecule has 122 valence electrons. The summed E-state index contributed by atoms with van der Waals surface area (Å²) >= 11 is 0. The Kier molecular flexibility index (Phi) is 5.27. The highest BCUT2D eigenvalue weighted by molar-refractivity contribution is 5.94. The number of hydrogen-bond donors (Lipinski definition) is 2. The Bertz CT molecular complexity index is 658. The molecule has 0 fully saturated rings. The van der Waals surface area contributed by atoms with Gasteiger partial charge in [-0.3, -0.25) is 4.79 Å². The number of methoxy groups -OCH3 is 1. The minimum Gasteiger partial charge on any atom is -0.497 e. The fourth-order valence-electron chi connectivity index (χ4n) is 2.33. The molecule has 0 spiro atoms. The number of hydrogen-bond acceptors (Lipinski definition) is 3. The average Bonchev–Trinajstić information content (AvgIpc) is 2.53. The Balaban J connectivity index is 1.97. The van der Waals surface area contributed by atoms with Crippen LogP contribution >= 0.6 is 0 Å². The molecule has 0 aliphatic carbocycles. The summed E-state index contributed by atoms with van der Waals surface area (Å²) < 4.78 is 5.11. The summed E-state index contributed by atoms with van der Waals surface area (Å²) in [5, 5.41) is 6.09. The number of ether oxygens (including phenoxy) is 1. The summed E-state index contributed by atoms with van der Waals surface area (Å²) in [4.78, 5) is 12.2. The van der Waals surface area contributed by atoms with Gasteiger partial charge in [-0.1, -0.05) is 39.0 Å². The normalized spacial score (nSPS) is 11.0. The maximum Gasteiger partial charge on any atom is 0.243 e. The number of carbonyl (C=O) groups excluding carboxylic acids is 1. The van der Waals surface area contributed by atoms with Crippen molar-refractivity contribution in [2.75, 3.05) is 24.3 Å². The maximum atomic E-state index is 12.2. The number of rotatable bonds is 5. The Labute approximate surface area is 137 Å². The first-order valence-corrected chi connectivity index (χ1v) is 7.67. The summed E-state index contributed by atoms with van der Waals surface area (Å²) in [7, 11) is 1.63. The molecule has 0 aliphatic heterocycles. The van der Waals surface area contributed by atoms with Crippen molar-refractivity contribution in [1.29, 1.82) is 0 Å². The lowest BCUT2D eigenvalue weighted by molar-refractivity contribution is -0.114. The van der Waals surface area contributed by atoms with Crippen LogP contribution in [0.15, 0.2) is 48.5 Å². The highest BCUT2D eigenvalue weighted by Gasteiger charge is 2.18. The van der Waals surface area contributed by atoms with Crippen LogP contribution < -0.4 is 15.4 Å². The molecule has 0 bridgehead atoms. The fraction of sp³-hybridized carbons (Fsp3) is 0.316. The first-order chi connectivity index (χ1) is 10.9. The minimum absolute atomic E-state index is 0.0206. The van der Waals surface area contributed by atoms with Crippen LogP contribution in [0, 0.1) is 0 Å². The number of para-hydroxylation sites is 1. The third-order valence-electron chi connectivity index (χ3n) is 3.55. The predicted molar refractivity (Wildman–Crippen MR) is 95.3 cm³/mol. The van der Waals surface area contributed by atoms with Gasteiger partial charge in [0.05, 0.1) is 13.7 Å². The molecular formula is C19H24N2O2. The third kappa shape index (κ3) is 4.74. The lowest BCUT2D eigenvalue weighted by Crippen LogP contribution is -2.24. The van der Waals surface area contributed by atoms with E-state index in [0.29, 0.717) is 0 Å². The molecule has 0 atom stereocenters. The van der Waals surface area contributed by atoms with Gasteiger partial charge < -0.3 is 15.4 Å². The second-order valence-electron chi connectivity index (χ2n) is 6.43. The van der Waals surface area contributed by atoms with E-state index in [1.54, 1.807) is 7.11 Å². The number of anilines is 2. The summed E-state index contributed by atoms with van der Waals surface area (Å²) in [6.07, 6.45) is 0. The molecule has 2 aromatic carbocycles. The molecular weight excluding hydrogens is 288 g/mol. The Hall–Kier alpha value is -2.49. The van der Waals surface area contributed by atoms with Crippen molar-refractivity contribution in [1.82, 2.24) is 0 Å². The van der Waals surface area contributed by atoms with E-state index >= 15 is 0 Å². The molecule has 0 unspecified atom stereocenters. The molecule has 0 aromatic heterocycles. The van der Waals surface area contributed by atoms with Gasteiger partial charge in [-0.2, -0.15) is 0 Å². The van der Waals surface area contributed by atoms with Crippen LogP contribution in [-0.2, 0) is 10.2 Å². The molecule has 0 aliphatic rings. The lowest BCUT2D eigenvalue weighted by Gasteiger charge is -2.23. The van der Waals surface area contributed by atoms with E-state index in [1.165, 1.54) is 0 Å². The van der Waals surface area contributed by atoms with Crippen LogP contribution in [-0.4, -0.2) is 19.6 Å². The summed E-state index contributed by atoms with van der Waals surface area (Å²) in [5.74, 6) is 0.719. The van der Waals surface area contributed by atoms with E-state index in [1.807, 2.05) is 48.5 Å². The van der Waals surface area contributed by atoms with Crippen LogP contribution in [0.3, 0.4) is 0 Å². The smallest absolute Gasteiger partial charge is 0.243 e. The topological polar surface area (TPSA) is 50.4 Å². The second-order valence-corrected chi connectivity index (χ2v) is 6.43. The molecule has 4 heteroatoms. The molecule has 0 heterocycles. The molecule has 4 nitrogen and oxygen atoms in total. The SMILES string of the molecule is COc1ccc(NCC(=O)Nc2ccccc2C(C)(C)C)cc1. The van der Waals surface area contributed by atoms with Crippen molar-refractivity contribution in [3.05, 3.63) is 54.1 Å². The second kappa shape index (κ2) is 7.18. The number of amides is 1. The van der Waals surface area contributed by atoms with Crippen LogP contribution in [0.1, 0.15) is 26.3 Å². The standard InChI is InChI=1S/C19H24N2O2/c1-19(2,3)16-7-5-6-8-17(16)21-18(22)13-20-14-9-11-15(23-4)12-10-14/h5-12,20H,13H2,1-4H3,(H,21,22). The highest BCUT2D eigenvalue weighted by atomic mass is 16.5. The van der Waals surface area contributed by atoms with E-state index in [-0.39, 0.29) is 17.9 Å². The minimum atomic E-state index is -0.0717. The van der Waals surface area contributed by atoms with Gasteiger partial charge in [0.2, 0.25) is 5.91 Å². The predicted octanol–water partition coefficient (Wildman–Crippen LogP) is 4.04. The summed E-state index contributed by atoms with van der Waals surface area (Å²) in [6.45, 7) is 6.61. The zero-order valence-corrected chi connectivity index (χ0v) is 14.1. The average molecular weight is 312 g/mol. The number of carbonyl (C=O) groups is 1. The van der Waals surface area contributed by atoms with Crippen LogP contribution in [0.4, 0.5) is 11.4 Å². The van der Waals surface area contributed by atoms with Crippen molar-refractivity contribution < 1.29 is 9.53 Å². The van der Waals surface area contributed by atoms with Crippen molar-refractivity contribution >= 4 is 17.3 Å². The lowest BCUT2D eigenvalue weighted by atomic mass is 9.86. The molecule has 0 saturated heterocycles. The largest absolute Gasteiger partial charge is 0.497 e. The fourth-order valence-corrected chi connectivity index (χ4v) is 2.33. The van der Waals surface area contributed by atoms with E-state index in [9.17, 15) is 4.79 Å². The highest BCUT2D eigenvalue weighted by Crippen LogP contribution is 2.29. The molecule has 2 N–H and O–H groups in total. The first-order valence-electron chi connectivity index (χ1n) is 7.67. The van der Waals surface area contributed by atoms with Gasteiger partial charge in [-0.05, 0) is 41.3 Å². The molecule has 2 rings (SSSR count). The number of nitrogens with one attached hydrogen (secondary N) is 2. The first kappa shape index (κ1) is 16.9. The van der Waals surface area contributed by atoms with Gasteiger partial charge in [0.15, 0.2) is 0 Å². The van der Waals surface area contributed by atoms with Crippen molar-refractivity contribution in [2.45, 2.75) is 26.2 Å². The summed E-state index contributed by atoms with van der Waals surface area (Å²) in [5.41, 5.74) is 2.84. The van der Waals surface area contributed by atoms with Gasteiger partial charge in [0, 0.05) is 11.4 Å². The molecule has 2 aromatic rings. The zero-order chi connectivity index (χ0) is 16.9. The van der Waals surface area contributed by atoms with Crippen LogP contribution in [0.25, 0.3) is 0 Å². The van der Waals surface area contributed by atoms with Gasteiger partial charge in [0.1, 0.15) is 5.75 Å². The molecule has 0 saturated carbocycles. The molecule has 1 amide bonds. The molecule has 23 heavy (non-hydrogen) atoms. The molecule has 0 radical (unpaired) electrons. The zero-order valence-electron chi connectivity index (χ0n) is 14.1. The maximum absolute atomic E-state index is 12.2. The van der Waals surface area contributed by atoms with E-state index in [4.69, 9.17) is 4.74 Å². The van der Waals surface area contributed by atoms with Crippen LogP contribution in [0.5, 0.6) is 5.75 Å².